The van der Waals surface area contributed by atoms with Gasteiger partial charge in [-0.15, -0.1) is 0 Å². The minimum Gasteiger partial charge on any atom is -0.480 e. The number of rotatable bonds is 7. The van der Waals surface area contributed by atoms with E-state index in [1.165, 1.54) is 6.33 Å². The number of hydrogen-bond donors (Lipinski definition) is 3. The first kappa shape index (κ1) is 23.4. The van der Waals surface area contributed by atoms with Crippen LogP contribution in [-0.4, -0.2) is 44.8 Å². The Kier molecular flexibility index (Phi) is 6.05. The molecule has 8 nitrogen and oxygen atoms in total. The van der Waals surface area contributed by atoms with E-state index in [9.17, 15) is 14.7 Å². The largest absolute Gasteiger partial charge is 0.480 e. The van der Waals surface area contributed by atoms with Gasteiger partial charge in [0, 0.05) is 47.4 Å². The van der Waals surface area contributed by atoms with E-state index >= 15 is 0 Å². The van der Waals surface area contributed by atoms with Crippen molar-refractivity contribution in [3.63, 3.8) is 0 Å². The fourth-order valence-electron chi connectivity index (χ4n) is 5.19. The number of carbonyl (C=O) groups excluding carboxylic acids is 1. The molecule has 0 spiro atoms. The van der Waals surface area contributed by atoms with Gasteiger partial charge in [-0.25, -0.2) is 19.6 Å². The topological polar surface area (TPSA) is 117 Å². The maximum atomic E-state index is 12.7. The highest BCUT2D eigenvalue weighted by Gasteiger charge is 2.30. The monoisotopic (exact) mass is 504 g/mol. The van der Waals surface area contributed by atoms with E-state index in [0.717, 1.165) is 49.8 Å². The molecule has 2 heterocycles. The molecular formula is C30H24N4O4. The lowest BCUT2D eigenvalue weighted by molar-refractivity contribution is -0.139. The fraction of sp³-hybridized carbons (Fsp3) is 0.133. The number of amides is 1. The van der Waals surface area contributed by atoms with Crippen molar-refractivity contribution in [2.24, 2.45) is 0 Å². The van der Waals surface area contributed by atoms with Gasteiger partial charge in [0.25, 0.3) is 0 Å². The summed E-state index contributed by atoms with van der Waals surface area (Å²) in [5.74, 6) is -1.24. The zero-order chi connectivity index (χ0) is 26.1. The number of carboxylic acid groups (broad SMARTS) is 1. The van der Waals surface area contributed by atoms with Gasteiger partial charge in [-0.3, -0.25) is 0 Å². The summed E-state index contributed by atoms with van der Waals surface area (Å²) in [5, 5.41) is 13.2. The molecule has 0 saturated carbocycles. The van der Waals surface area contributed by atoms with Gasteiger partial charge in [0.05, 0.1) is 0 Å². The molecule has 0 fully saturated rings. The number of nitrogens with one attached hydrogen (secondary N) is 2. The minimum absolute atomic E-state index is 0.103. The molecule has 3 aromatic carbocycles. The molecule has 3 N–H and O–H groups in total. The third-order valence-corrected chi connectivity index (χ3v) is 7.02. The van der Waals surface area contributed by atoms with Gasteiger partial charge in [0.2, 0.25) is 0 Å². The Morgan fingerprint density at radius 1 is 0.947 bits per heavy atom. The average Bonchev–Trinajstić information content (AvgIpc) is 3.50. The molecule has 1 aliphatic rings. The number of carboxylic acids is 1. The zero-order valence-electron chi connectivity index (χ0n) is 20.3. The SMILES string of the molecule is O=C(N[C@@H](Cc1c[nH]c2cc(-c3cncnc3)ccc12)C(=O)O)OCC1c2ccccc2-c2ccccc21. The third kappa shape index (κ3) is 4.37. The summed E-state index contributed by atoms with van der Waals surface area (Å²) in [7, 11) is 0. The second-order valence-electron chi connectivity index (χ2n) is 9.27. The normalized spacial score (nSPS) is 13.1. The van der Waals surface area contributed by atoms with E-state index in [1.807, 2.05) is 54.6 Å². The van der Waals surface area contributed by atoms with E-state index in [2.05, 4.69) is 32.4 Å². The highest BCUT2D eigenvalue weighted by Crippen LogP contribution is 2.44. The molecule has 8 heteroatoms. The number of ether oxygens (including phenoxy) is 1. The number of aromatic nitrogens is 3. The van der Waals surface area contributed by atoms with Crippen LogP contribution in [0.1, 0.15) is 22.6 Å². The van der Waals surface area contributed by atoms with Crippen LogP contribution in [0.15, 0.2) is 91.6 Å². The Labute approximate surface area is 218 Å². The number of aromatic amines is 1. The summed E-state index contributed by atoms with van der Waals surface area (Å²) in [6.07, 6.45) is 6.06. The summed E-state index contributed by atoms with van der Waals surface area (Å²) >= 11 is 0. The molecule has 6 rings (SSSR count). The van der Waals surface area contributed by atoms with Crippen LogP contribution in [0.2, 0.25) is 0 Å². The second kappa shape index (κ2) is 9.82. The van der Waals surface area contributed by atoms with Crippen LogP contribution in [0.5, 0.6) is 0 Å². The van der Waals surface area contributed by atoms with E-state index in [-0.39, 0.29) is 18.9 Å². The Hall–Kier alpha value is -4.98. The van der Waals surface area contributed by atoms with E-state index in [1.54, 1.807) is 18.6 Å². The lowest BCUT2D eigenvalue weighted by atomic mass is 9.98. The number of hydrogen-bond acceptors (Lipinski definition) is 5. The van der Waals surface area contributed by atoms with Crippen molar-refractivity contribution in [2.45, 2.75) is 18.4 Å². The predicted octanol–water partition coefficient (Wildman–Crippen LogP) is 5.16. The number of alkyl carbamates (subject to hydrolysis) is 1. The average molecular weight is 505 g/mol. The molecule has 38 heavy (non-hydrogen) atoms. The second-order valence-corrected chi connectivity index (χ2v) is 9.27. The number of H-pyrrole nitrogens is 1. The molecule has 0 bridgehead atoms. The molecule has 1 atom stereocenters. The van der Waals surface area contributed by atoms with Gasteiger partial charge in [-0.2, -0.15) is 0 Å². The Morgan fingerprint density at radius 3 is 2.32 bits per heavy atom. The fourth-order valence-corrected chi connectivity index (χ4v) is 5.19. The lowest BCUT2D eigenvalue weighted by Crippen LogP contribution is -2.42. The molecule has 0 radical (unpaired) electrons. The summed E-state index contributed by atoms with van der Waals surface area (Å²) in [5.41, 5.74) is 7.90. The van der Waals surface area contributed by atoms with Crippen molar-refractivity contribution >= 4 is 23.0 Å². The molecule has 1 amide bonds. The highest BCUT2D eigenvalue weighted by molar-refractivity contribution is 5.89. The molecular weight excluding hydrogens is 480 g/mol. The molecule has 188 valence electrons. The first-order valence-corrected chi connectivity index (χ1v) is 12.3. The molecule has 0 aliphatic heterocycles. The number of nitrogens with zero attached hydrogens (tertiary/aromatic N) is 2. The van der Waals surface area contributed by atoms with Crippen LogP contribution >= 0.6 is 0 Å². The zero-order valence-corrected chi connectivity index (χ0v) is 20.3. The van der Waals surface area contributed by atoms with Crippen LogP contribution in [0.4, 0.5) is 4.79 Å². The van der Waals surface area contributed by atoms with Crippen LogP contribution in [-0.2, 0) is 16.0 Å². The number of carbonyl (C=O) groups is 2. The van der Waals surface area contributed by atoms with Gasteiger partial charge >= 0.3 is 12.1 Å². The number of benzene rings is 3. The smallest absolute Gasteiger partial charge is 0.407 e. The van der Waals surface area contributed by atoms with Crippen molar-refractivity contribution in [1.82, 2.24) is 20.3 Å². The molecule has 1 aliphatic carbocycles. The molecule has 0 unspecified atom stereocenters. The lowest BCUT2D eigenvalue weighted by Gasteiger charge is -2.17. The Morgan fingerprint density at radius 2 is 1.63 bits per heavy atom. The van der Waals surface area contributed by atoms with Crippen LogP contribution in [0.25, 0.3) is 33.2 Å². The van der Waals surface area contributed by atoms with Gasteiger partial charge in [-0.05, 0) is 39.4 Å². The maximum absolute atomic E-state index is 12.7. The molecule has 0 saturated heterocycles. The summed E-state index contributed by atoms with van der Waals surface area (Å²) in [6, 6.07) is 20.8. The van der Waals surface area contributed by atoms with Crippen molar-refractivity contribution in [3.8, 4) is 22.3 Å². The molecule has 5 aromatic rings. The highest BCUT2D eigenvalue weighted by atomic mass is 16.5. The number of aliphatic carboxylic acids is 1. The van der Waals surface area contributed by atoms with Crippen LogP contribution < -0.4 is 5.32 Å². The predicted molar refractivity (Wildman–Crippen MR) is 143 cm³/mol. The summed E-state index contributed by atoms with van der Waals surface area (Å²) in [6.45, 7) is 0.116. The first-order chi connectivity index (χ1) is 18.6. The van der Waals surface area contributed by atoms with Crippen molar-refractivity contribution in [3.05, 3.63) is 108 Å². The third-order valence-electron chi connectivity index (χ3n) is 7.02. The van der Waals surface area contributed by atoms with Gasteiger partial charge in [0.1, 0.15) is 19.0 Å². The van der Waals surface area contributed by atoms with Crippen LogP contribution in [0, 0.1) is 0 Å². The maximum Gasteiger partial charge on any atom is 0.407 e. The Bertz CT molecular complexity index is 1600. The van der Waals surface area contributed by atoms with Gasteiger partial charge in [0.15, 0.2) is 0 Å². The van der Waals surface area contributed by atoms with Gasteiger partial charge in [-0.1, -0.05) is 60.7 Å². The summed E-state index contributed by atoms with van der Waals surface area (Å²) in [4.78, 5) is 36.1. The number of fused-ring (bicyclic) bond motifs is 4. The molecule has 2 aromatic heterocycles. The summed E-state index contributed by atoms with van der Waals surface area (Å²) < 4.78 is 5.56. The van der Waals surface area contributed by atoms with Crippen molar-refractivity contribution in [2.75, 3.05) is 6.61 Å². The van der Waals surface area contributed by atoms with E-state index in [4.69, 9.17) is 4.74 Å². The van der Waals surface area contributed by atoms with Crippen molar-refractivity contribution in [1.29, 1.82) is 0 Å². The van der Waals surface area contributed by atoms with Crippen molar-refractivity contribution < 1.29 is 19.4 Å². The standard InChI is InChI=1S/C30H24N4O4/c35-29(36)28(12-19-15-33-27-11-18(9-10-21(19)27)20-13-31-17-32-14-20)34-30(37)38-16-26-24-7-3-1-5-22(24)23-6-2-4-8-25(23)26/h1-11,13-15,17,26,28,33H,12,16H2,(H,34,37)(H,35,36)/t28-/m0/s1. The van der Waals surface area contributed by atoms with E-state index in [0.29, 0.717) is 0 Å². The minimum atomic E-state index is -1.15. The van der Waals surface area contributed by atoms with E-state index < -0.39 is 18.1 Å². The van der Waals surface area contributed by atoms with Crippen LogP contribution in [0.3, 0.4) is 0 Å². The first-order valence-electron chi connectivity index (χ1n) is 12.3. The van der Waals surface area contributed by atoms with Gasteiger partial charge < -0.3 is 20.1 Å². The Balaban J connectivity index is 1.15. The quantitative estimate of drug-likeness (QED) is 0.282.